The van der Waals surface area contributed by atoms with E-state index in [1.54, 1.807) is 0 Å². The van der Waals surface area contributed by atoms with E-state index >= 15 is 0 Å². The molecule has 1 atom stereocenters. The van der Waals surface area contributed by atoms with Gasteiger partial charge in [0.15, 0.2) is 0 Å². The maximum Gasteiger partial charge on any atom is 0.223 e. The average Bonchev–Trinajstić information content (AvgIpc) is 2.28. The molecule has 0 bridgehead atoms. The Labute approximate surface area is 125 Å². The van der Waals surface area contributed by atoms with Gasteiger partial charge in [0.25, 0.3) is 0 Å². The van der Waals surface area contributed by atoms with Crippen molar-refractivity contribution in [2.75, 3.05) is 13.1 Å². The fourth-order valence-corrected chi connectivity index (χ4v) is 2.31. The van der Waals surface area contributed by atoms with Crippen LogP contribution in [-0.2, 0) is 4.79 Å². The molecule has 0 rings (SSSR count). The molecule has 108 valence electrons. The molecule has 0 spiro atoms. The first-order valence-corrected chi connectivity index (χ1v) is 7.60. The van der Waals surface area contributed by atoms with Crippen molar-refractivity contribution < 1.29 is 4.79 Å². The van der Waals surface area contributed by atoms with Crippen LogP contribution in [0.4, 0.5) is 0 Å². The Kier molecular flexibility index (Phi) is 9.40. The first kappa shape index (κ1) is 18.3. The van der Waals surface area contributed by atoms with Crippen LogP contribution >= 0.6 is 34.8 Å². The highest BCUT2D eigenvalue weighted by Crippen LogP contribution is 2.32. The third kappa shape index (κ3) is 7.03. The smallest absolute Gasteiger partial charge is 0.223 e. The van der Waals surface area contributed by atoms with Gasteiger partial charge in [-0.1, -0.05) is 68.4 Å². The number of nitrogens with zero attached hydrogens (tertiary/aromatic N) is 1. The molecule has 3 nitrogen and oxygen atoms in total. The van der Waals surface area contributed by atoms with Gasteiger partial charge in [0.1, 0.15) is 6.17 Å². The summed E-state index contributed by atoms with van der Waals surface area (Å²) in [6, 6.07) is 0. The molecule has 0 saturated heterocycles. The number of nitrogens with one attached hydrogen (secondary N) is 1. The quantitative estimate of drug-likeness (QED) is 0.420. The van der Waals surface area contributed by atoms with Crippen molar-refractivity contribution in [3.8, 4) is 0 Å². The van der Waals surface area contributed by atoms with E-state index in [2.05, 4.69) is 12.2 Å². The fourth-order valence-electron chi connectivity index (χ4n) is 1.73. The molecule has 0 heterocycles. The predicted molar refractivity (Wildman–Crippen MR) is 79.3 cm³/mol. The predicted octanol–water partition coefficient (Wildman–Crippen LogP) is 3.72. The van der Waals surface area contributed by atoms with E-state index in [1.807, 2.05) is 18.7 Å². The molecular weight excluding hydrogens is 295 g/mol. The van der Waals surface area contributed by atoms with E-state index in [9.17, 15) is 4.79 Å². The van der Waals surface area contributed by atoms with Crippen LogP contribution in [0.25, 0.3) is 0 Å². The normalized spacial score (nSPS) is 13.7. The second-order valence-corrected chi connectivity index (χ2v) is 6.56. The molecule has 0 aliphatic heterocycles. The van der Waals surface area contributed by atoms with Crippen LogP contribution in [0.1, 0.15) is 46.5 Å². The maximum absolute atomic E-state index is 11.8. The Balaban J connectivity index is 4.46. The van der Waals surface area contributed by atoms with Gasteiger partial charge in [-0.05, 0) is 19.5 Å². The zero-order chi connectivity index (χ0) is 14.2. The largest absolute Gasteiger partial charge is 0.337 e. The molecule has 1 N–H and O–H groups in total. The molecule has 0 aliphatic rings. The molecule has 0 aromatic rings. The van der Waals surface area contributed by atoms with Crippen LogP contribution in [0.2, 0.25) is 0 Å². The van der Waals surface area contributed by atoms with Gasteiger partial charge in [0.2, 0.25) is 9.70 Å². The van der Waals surface area contributed by atoms with Crippen molar-refractivity contribution in [2.45, 2.75) is 56.4 Å². The number of hydrogen-bond acceptors (Lipinski definition) is 2. The SMILES string of the molecule is CCCCCC(=O)N[C@@H](N(CC)CC)C(Cl)(Cl)Cl. The second kappa shape index (κ2) is 9.24. The van der Waals surface area contributed by atoms with Gasteiger partial charge >= 0.3 is 0 Å². The summed E-state index contributed by atoms with van der Waals surface area (Å²) in [5.74, 6) is -0.0633. The number of alkyl halides is 3. The minimum atomic E-state index is -1.52. The van der Waals surface area contributed by atoms with Crippen LogP contribution in [0.3, 0.4) is 0 Å². The van der Waals surface area contributed by atoms with Gasteiger partial charge in [-0.25, -0.2) is 0 Å². The number of hydrogen-bond donors (Lipinski definition) is 1. The number of amides is 1. The lowest BCUT2D eigenvalue weighted by Gasteiger charge is -2.35. The maximum atomic E-state index is 11.8. The summed E-state index contributed by atoms with van der Waals surface area (Å²) < 4.78 is -1.52. The Morgan fingerprint density at radius 3 is 2.11 bits per heavy atom. The number of rotatable bonds is 8. The summed E-state index contributed by atoms with van der Waals surface area (Å²) in [5.41, 5.74) is 0. The molecule has 1 amide bonds. The van der Waals surface area contributed by atoms with Crippen LogP contribution in [-0.4, -0.2) is 33.9 Å². The number of carbonyl (C=O) groups is 1. The Bertz CT molecular complexity index is 240. The summed E-state index contributed by atoms with van der Waals surface area (Å²) in [6.45, 7) is 7.46. The second-order valence-electron chi connectivity index (χ2n) is 4.19. The highest BCUT2D eigenvalue weighted by atomic mass is 35.6. The minimum absolute atomic E-state index is 0.0633. The lowest BCUT2D eigenvalue weighted by molar-refractivity contribution is -0.123. The molecule has 0 aromatic carbocycles. The first-order valence-electron chi connectivity index (χ1n) is 6.46. The average molecular weight is 318 g/mol. The standard InChI is InChI=1S/C12H23Cl3N2O/c1-4-7-8-9-10(18)16-11(12(13,14)15)17(5-2)6-3/h11H,4-9H2,1-3H3,(H,16,18)/t11-/m0/s1. The van der Waals surface area contributed by atoms with Crippen LogP contribution in [0.5, 0.6) is 0 Å². The summed E-state index contributed by atoms with van der Waals surface area (Å²) in [4.78, 5) is 13.7. The Morgan fingerprint density at radius 2 is 1.72 bits per heavy atom. The van der Waals surface area contributed by atoms with E-state index in [-0.39, 0.29) is 5.91 Å². The molecule has 6 heteroatoms. The number of halogens is 3. The van der Waals surface area contributed by atoms with E-state index in [4.69, 9.17) is 34.8 Å². The molecule has 0 unspecified atom stereocenters. The van der Waals surface area contributed by atoms with Crippen molar-refractivity contribution in [1.82, 2.24) is 10.2 Å². The van der Waals surface area contributed by atoms with Gasteiger partial charge in [-0.2, -0.15) is 0 Å². The van der Waals surface area contributed by atoms with Crippen molar-refractivity contribution >= 4 is 40.7 Å². The van der Waals surface area contributed by atoms with Gasteiger partial charge in [0, 0.05) is 6.42 Å². The van der Waals surface area contributed by atoms with E-state index in [0.717, 1.165) is 19.3 Å². The van der Waals surface area contributed by atoms with Gasteiger partial charge in [0.05, 0.1) is 0 Å². The fraction of sp³-hybridized carbons (Fsp3) is 0.917. The summed E-state index contributed by atoms with van der Waals surface area (Å²) in [6.07, 6.45) is 2.89. The summed E-state index contributed by atoms with van der Waals surface area (Å²) in [7, 11) is 0. The van der Waals surface area contributed by atoms with Crippen LogP contribution < -0.4 is 5.32 Å². The zero-order valence-electron chi connectivity index (χ0n) is 11.3. The number of unbranched alkanes of at least 4 members (excludes halogenated alkanes) is 2. The highest BCUT2D eigenvalue weighted by Gasteiger charge is 2.37. The molecule has 0 aliphatic carbocycles. The molecule has 0 fully saturated rings. The lowest BCUT2D eigenvalue weighted by Crippen LogP contribution is -2.55. The van der Waals surface area contributed by atoms with Crippen molar-refractivity contribution in [3.63, 3.8) is 0 Å². The van der Waals surface area contributed by atoms with Gasteiger partial charge < -0.3 is 5.32 Å². The zero-order valence-corrected chi connectivity index (χ0v) is 13.6. The van der Waals surface area contributed by atoms with Crippen molar-refractivity contribution in [3.05, 3.63) is 0 Å². The molecule has 0 radical (unpaired) electrons. The molecular formula is C12H23Cl3N2O. The summed E-state index contributed by atoms with van der Waals surface area (Å²) in [5, 5.41) is 2.81. The van der Waals surface area contributed by atoms with E-state index in [0.29, 0.717) is 19.5 Å². The van der Waals surface area contributed by atoms with E-state index in [1.165, 1.54) is 0 Å². The number of carbonyl (C=O) groups excluding carboxylic acids is 1. The monoisotopic (exact) mass is 316 g/mol. The Hall–Kier alpha value is 0.300. The highest BCUT2D eigenvalue weighted by molar-refractivity contribution is 6.68. The third-order valence-electron chi connectivity index (χ3n) is 2.79. The van der Waals surface area contributed by atoms with Crippen molar-refractivity contribution in [1.29, 1.82) is 0 Å². The van der Waals surface area contributed by atoms with Gasteiger partial charge in [-0.15, -0.1) is 0 Å². The molecule has 0 saturated carbocycles. The van der Waals surface area contributed by atoms with Crippen LogP contribution in [0.15, 0.2) is 0 Å². The molecule has 0 aromatic heterocycles. The lowest BCUT2D eigenvalue weighted by atomic mass is 10.2. The first-order chi connectivity index (χ1) is 8.36. The minimum Gasteiger partial charge on any atom is -0.337 e. The Morgan fingerprint density at radius 1 is 1.17 bits per heavy atom. The van der Waals surface area contributed by atoms with E-state index < -0.39 is 9.96 Å². The summed E-state index contributed by atoms with van der Waals surface area (Å²) >= 11 is 17.8. The van der Waals surface area contributed by atoms with Crippen LogP contribution in [0, 0.1) is 0 Å². The molecule has 18 heavy (non-hydrogen) atoms. The van der Waals surface area contributed by atoms with Crippen molar-refractivity contribution in [2.24, 2.45) is 0 Å². The third-order valence-corrected chi connectivity index (χ3v) is 3.41. The van der Waals surface area contributed by atoms with Gasteiger partial charge in [-0.3, -0.25) is 9.69 Å². The topological polar surface area (TPSA) is 32.3 Å².